The minimum Gasteiger partial charge on any atom is -0.487 e. The zero-order chi connectivity index (χ0) is 19.0. The van der Waals surface area contributed by atoms with Crippen molar-refractivity contribution in [3.63, 3.8) is 0 Å². The standard InChI is InChI=1S/C18H20N4O4S/c1-12-10-20-14(11-19-12)18(23)22-8-6-13-15(7-9-22)26-16-4-2-3-5-17(16)27(24,25)21-13/h2-5,10-11,13,15,21H,6-9H2,1H3/t13-,15-/m0/s1. The number of amides is 1. The van der Waals surface area contributed by atoms with Crippen molar-refractivity contribution in [2.75, 3.05) is 13.1 Å². The summed E-state index contributed by atoms with van der Waals surface area (Å²) in [6.45, 7) is 2.68. The molecule has 1 aromatic carbocycles. The molecule has 1 saturated heterocycles. The van der Waals surface area contributed by atoms with Gasteiger partial charge in [0.2, 0.25) is 10.0 Å². The second-order valence-corrected chi connectivity index (χ2v) is 8.43. The Hall–Kier alpha value is -2.52. The van der Waals surface area contributed by atoms with Crippen molar-refractivity contribution < 1.29 is 17.9 Å². The van der Waals surface area contributed by atoms with Crippen LogP contribution in [0.1, 0.15) is 29.0 Å². The number of aryl methyl sites for hydroxylation is 1. The molecule has 0 unspecified atom stereocenters. The third kappa shape index (κ3) is 3.52. The lowest BCUT2D eigenvalue weighted by Crippen LogP contribution is -2.43. The maximum Gasteiger partial charge on any atom is 0.274 e. The van der Waals surface area contributed by atoms with Crippen molar-refractivity contribution in [2.45, 2.75) is 36.8 Å². The molecule has 0 saturated carbocycles. The Morgan fingerprint density at radius 2 is 1.96 bits per heavy atom. The molecule has 2 aliphatic heterocycles. The second-order valence-electron chi connectivity index (χ2n) is 6.74. The van der Waals surface area contributed by atoms with Gasteiger partial charge in [-0.3, -0.25) is 9.78 Å². The van der Waals surface area contributed by atoms with Crippen LogP contribution in [0.2, 0.25) is 0 Å². The first-order valence-corrected chi connectivity index (χ1v) is 10.3. The monoisotopic (exact) mass is 388 g/mol. The van der Waals surface area contributed by atoms with Gasteiger partial charge in [0, 0.05) is 25.7 Å². The summed E-state index contributed by atoms with van der Waals surface area (Å²) in [6, 6.07) is 6.22. The van der Waals surface area contributed by atoms with Crippen molar-refractivity contribution in [3.8, 4) is 5.75 Å². The summed E-state index contributed by atoms with van der Waals surface area (Å²) < 4.78 is 34.0. The number of fused-ring (bicyclic) bond motifs is 2. The van der Waals surface area contributed by atoms with Crippen LogP contribution in [0.5, 0.6) is 5.75 Å². The van der Waals surface area contributed by atoms with E-state index in [9.17, 15) is 13.2 Å². The molecule has 0 spiro atoms. The fourth-order valence-electron chi connectivity index (χ4n) is 3.42. The molecule has 27 heavy (non-hydrogen) atoms. The lowest BCUT2D eigenvalue weighted by Gasteiger charge is -2.22. The van der Waals surface area contributed by atoms with Gasteiger partial charge in [0.1, 0.15) is 22.4 Å². The van der Waals surface area contributed by atoms with Crippen molar-refractivity contribution in [1.82, 2.24) is 19.6 Å². The van der Waals surface area contributed by atoms with Gasteiger partial charge in [0.25, 0.3) is 5.91 Å². The van der Waals surface area contributed by atoms with E-state index in [0.717, 1.165) is 5.69 Å². The van der Waals surface area contributed by atoms with Crippen LogP contribution in [0.4, 0.5) is 0 Å². The number of aromatic nitrogens is 2. The number of para-hydroxylation sites is 1. The number of rotatable bonds is 1. The highest BCUT2D eigenvalue weighted by Gasteiger charge is 2.37. The Morgan fingerprint density at radius 3 is 2.74 bits per heavy atom. The molecule has 0 aliphatic carbocycles. The Morgan fingerprint density at radius 1 is 1.19 bits per heavy atom. The molecule has 1 amide bonds. The van der Waals surface area contributed by atoms with E-state index < -0.39 is 16.1 Å². The molecule has 2 atom stereocenters. The van der Waals surface area contributed by atoms with Crippen molar-refractivity contribution in [2.24, 2.45) is 0 Å². The minimum atomic E-state index is -3.66. The molecule has 2 aliphatic rings. The summed E-state index contributed by atoms with van der Waals surface area (Å²) in [5.74, 6) is 0.142. The average Bonchev–Trinajstić information content (AvgIpc) is 2.90. The van der Waals surface area contributed by atoms with E-state index in [4.69, 9.17) is 4.74 Å². The average molecular weight is 388 g/mol. The summed E-state index contributed by atoms with van der Waals surface area (Å²) in [6.07, 6.45) is 3.67. The van der Waals surface area contributed by atoms with E-state index in [1.165, 1.54) is 12.3 Å². The summed E-state index contributed by atoms with van der Waals surface area (Å²) in [5, 5.41) is 0. The van der Waals surface area contributed by atoms with Gasteiger partial charge in [-0.15, -0.1) is 0 Å². The third-order valence-electron chi connectivity index (χ3n) is 4.85. The van der Waals surface area contributed by atoms with Gasteiger partial charge < -0.3 is 9.64 Å². The van der Waals surface area contributed by atoms with Crippen molar-refractivity contribution >= 4 is 15.9 Å². The van der Waals surface area contributed by atoms with Gasteiger partial charge >= 0.3 is 0 Å². The highest BCUT2D eigenvalue weighted by atomic mass is 32.2. The van der Waals surface area contributed by atoms with Crippen LogP contribution in [-0.4, -0.2) is 54.4 Å². The highest BCUT2D eigenvalue weighted by molar-refractivity contribution is 7.89. The first-order valence-electron chi connectivity index (χ1n) is 8.80. The minimum absolute atomic E-state index is 0.154. The first kappa shape index (κ1) is 17.9. The summed E-state index contributed by atoms with van der Waals surface area (Å²) in [4.78, 5) is 22.8. The number of ether oxygens (including phenoxy) is 1. The number of sulfonamides is 1. The van der Waals surface area contributed by atoms with Gasteiger partial charge in [0.15, 0.2) is 0 Å². The number of benzene rings is 1. The number of hydrogen-bond acceptors (Lipinski definition) is 6. The molecule has 0 radical (unpaired) electrons. The number of carbonyl (C=O) groups is 1. The largest absolute Gasteiger partial charge is 0.487 e. The van der Waals surface area contributed by atoms with Gasteiger partial charge in [-0.05, 0) is 25.5 Å². The van der Waals surface area contributed by atoms with E-state index >= 15 is 0 Å². The summed E-state index contributed by atoms with van der Waals surface area (Å²) in [5.41, 5.74) is 1.03. The molecule has 9 heteroatoms. The number of likely N-dealkylation sites (tertiary alicyclic amines) is 1. The fraction of sp³-hybridized carbons (Fsp3) is 0.389. The van der Waals surface area contributed by atoms with E-state index in [1.54, 1.807) is 29.3 Å². The fourth-order valence-corrected chi connectivity index (χ4v) is 4.85. The molecule has 1 fully saturated rings. The van der Waals surface area contributed by atoms with Crippen LogP contribution < -0.4 is 9.46 Å². The van der Waals surface area contributed by atoms with Crippen LogP contribution in [-0.2, 0) is 10.0 Å². The zero-order valence-electron chi connectivity index (χ0n) is 14.8. The lowest BCUT2D eigenvalue weighted by atomic mass is 10.1. The van der Waals surface area contributed by atoms with Crippen molar-refractivity contribution in [1.29, 1.82) is 0 Å². The SMILES string of the molecule is Cc1cnc(C(=O)N2CC[C@@H]3NS(=O)(=O)c4ccccc4O[C@H]3CC2)cn1. The molecule has 4 rings (SSSR count). The van der Waals surface area contributed by atoms with Crippen molar-refractivity contribution in [3.05, 3.63) is 48.0 Å². The highest BCUT2D eigenvalue weighted by Crippen LogP contribution is 2.31. The Bertz CT molecular complexity index is 962. The smallest absolute Gasteiger partial charge is 0.274 e. The Kier molecular flexibility index (Phi) is 4.56. The Balaban J connectivity index is 1.55. The predicted molar refractivity (Wildman–Crippen MR) is 96.9 cm³/mol. The molecule has 1 aromatic heterocycles. The molecule has 2 aromatic rings. The lowest BCUT2D eigenvalue weighted by molar-refractivity contribution is 0.0749. The molecule has 142 valence electrons. The van der Waals surface area contributed by atoms with E-state index in [-0.39, 0.29) is 22.6 Å². The number of carbonyl (C=O) groups excluding carboxylic acids is 1. The second kappa shape index (κ2) is 6.90. The number of hydrogen-bond donors (Lipinski definition) is 1. The van der Waals surface area contributed by atoms with Crippen LogP contribution in [0.25, 0.3) is 0 Å². The quantitative estimate of drug-likeness (QED) is 0.786. The van der Waals surface area contributed by atoms with Crippen LogP contribution in [0.15, 0.2) is 41.6 Å². The van der Waals surface area contributed by atoms with Crippen LogP contribution in [0, 0.1) is 6.92 Å². The maximum atomic E-state index is 12.7. The van der Waals surface area contributed by atoms with Gasteiger partial charge in [-0.2, -0.15) is 0 Å². The van der Waals surface area contributed by atoms with E-state index in [0.29, 0.717) is 31.7 Å². The molecule has 0 bridgehead atoms. The number of nitrogens with one attached hydrogen (secondary N) is 1. The molecule has 1 N–H and O–H groups in total. The summed E-state index contributed by atoms with van der Waals surface area (Å²) >= 11 is 0. The number of nitrogens with zero attached hydrogens (tertiary/aromatic N) is 3. The van der Waals surface area contributed by atoms with Crippen LogP contribution >= 0.6 is 0 Å². The zero-order valence-corrected chi connectivity index (χ0v) is 15.6. The van der Waals surface area contributed by atoms with Gasteiger partial charge in [-0.1, -0.05) is 12.1 Å². The Labute approximate surface area is 157 Å². The topological polar surface area (TPSA) is 101 Å². The molecular weight excluding hydrogens is 368 g/mol. The predicted octanol–water partition coefficient (Wildman–Crippen LogP) is 1.13. The van der Waals surface area contributed by atoms with Crippen LogP contribution in [0.3, 0.4) is 0 Å². The van der Waals surface area contributed by atoms with Gasteiger partial charge in [0.05, 0.1) is 17.9 Å². The molecule has 3 heterocycles. The third-order valence-corrected chi connectivity index (χ3v) is 6.38. The first-order chi connectivity index (χ1) is 12.9. The maximum absolute atomic E-state index is 12.7. The molecular formula is C18H20N4O4S. The van der Waals surface area contributed by atoms with Gasteiger partial charge in [-0.25, -0.2) is 18.1 Å². The van der Waals surface area contributed by atoms with E-state index in [2.05, 4.69) is 14.7 Å². The summed E-state index contributed by atoms with van der Waals surface area (Å²) in [7, 11) is -3.66. The normalized spacial score (nSPS) is 24.0. The molecule has 8 nitrogen and oxygen atoms in total. The van der Waals surface area contributed by atoms with E-state index in [1.807, 2.05) is 6.92 Å².